The predicted octanol–water partition coefficient (Wildman–Crippen LogP) is 2.21. The predicted molar refractivity (Wildman–Crippen MR) is 60.4 cm³/mol. The maximum Gasteiger partial charge on any atom is 0.178 e. The minimum absolute atomic E-state index is 0.642. The van der Waals surface area contributed by atoms with E-state index in [9.17, 15) is 0 Å². The lowest BCUT2D eigenvalue weighted by Crippen LogP contribution is -2.22. The summed E-state index contributed by atoms with van der Waals surface area (Å²) in [5.41, 5.74) is 6.72. The van der Waals surface area contributed by atoms with Gasteiger partial charge in [-0.1, -0.05) is 11.6 Å². The zero-order valence-electron chi connectivity index (χ0n) is 7.84. The maximum absolute atomic E-state index is 6.00. The topological polar surface area (TPSA) is 43.8 Å². The lowest BCUT2D eigenvalue weighted by Gasteiger charge is -2.24. The summed E-state index contributed by atoms with van der Waals surface area (Å²) in [7, 11) is 0. The van der Waals surface area contributed by atoms with Crippen molar-refractivity contribution in [1.29, 1.82) is 0 Å². The number of rotatable bonds is 2. The minimum Gasteiger partial charge on any atom is -0.330 e. The van der Waals surface area contributed by atoms with Crippen molar-refractivity contribution in [3.05, 3.63) is 15.6 Å². The quantitative estimate of drug-likeness (QED) is 0.901. The monoisotopic (exact) mass is 277 g/mol. The van der Waals surface area contributed by atoms with Crippen LogP contribution in [0.15, 0.2) is 4.73 Å². The molecule has 1 aliphatic rings. The second-order valence-corrected chi connectivity index (χ2v) is 4.78. The van der Waals surface area contributed by atoms with Crippen molar-refractivity contribution in [2.45, 2.75) is 25.8 Å². The molecular weight excluding hydrogens is 265 g/mol. The summed E-state index contributed by atoms with van der Waals surface area (Å²) < 4.78 is 3.01. The van der Waals surface area contributed by atoms with E-state index < -0.39 is 0 Å². The van der Waals surface area contributed by atoms with E-state index >= 15 is 0 Å². The number of nitrogens with zero attached hydrogens (tertiary/aromatic N) is 2. The molecule has 0 fully saturated rings. The highest BCUT2D eigenvalue weighted by Gasteiger charge is 2.23. The molecule has 78 valence electrons. The molecule has 3 nitrogen and oxygen atoms in total. The Hall–Kier alpha value is -0.0600. The van der Waals surface area contributed by atoms with Gasteiger partial charge in [0.05, 0.1) is 5.69 Å². The number of imidazole rings is 1. The molecule has 0 amide bonds. The van der Waals surface area contributed by atoms with Crippen LogP contribution in [0.2, 0.25) is 5.15 Å². The van der Waals surface area contributed by atoms with Crippen molar-refractivity contribution >= 4 is 27.5 Å². The molecule has 1 aromatic heterocycles. The Kier molecular flexibility index (Phi) is 3.14. The molecule has 0 aliphatic carbocycles. The third kappa shape index (κ3) is 1.83. The molecule has 2 heterocycles. The first-order valence-electron chi connectivity index (χ1n) is 4.83. The molecule has 0 aromatic carbocycles. The first-order chi connectivity index (χ1) is 6.72. The van der Waals surface area contributed by atoms with Crippen LogP contribution in [-0.2, 0) is 13.0 Å². The number of fused-ring (bicyclic) bond motifs is 1. The molecule has 0 spiro atoms. The van der Waals surface area contributed by atoms with Crippen molar-refractivity contribution in [3.63, 3.8) is 0 Å². The Balaban J connectivity index is 2.21. The first kappa shape index (κ1) is 10.5. The highest BCUT2D eigenvalue weighted by molar-refractivity contribution is 9.10. The summed E-state index contributed by atoms with van der Waals surface area (Å²) in [4.78, 5) is 4.20. The molecule has 0 saturated carbocycles. The Morgan fingerprint density at radius 1 is 1.64 bits per heavy atom. The smallest absolute Gasteiger partial charge is 0.178 e. The van der Waals surface area contributed by atoms with Gasteiger partial charge in [0, 0.05) is 6.54 Å². The average Bonchev–Trinajstić information content (AvgIpc) is 2.43. The second-order valence-electron chi connectivity index (χ2n) is 3.71. The number of hydrogen-bond donors (Lipinski definition) is 1. The number of hydrogen-bond acceptors (Lipinski definition) is 2. The molecule has 0 bridgehead atoms. The Morgan fingerprint density at radius 2 is 2.43 bits per heavy atom. The minimum atomic E-state index is 0.642. The fourth-order valence-corrected chi connectivity index (χ4v) is 2.93. The van der Waals surface area contributed by atoms with Crippen molar-refractivity contribution in [2.24, 2.45) is 11.7 Å². The van der Waals surface area contributed by atoms with Gasteiger partial charge in [-0.25, -0.2) is 4.98 Å². The molecule has 1 atom stereocenters. The van der Waals surface area contributed by atoms with Crippen LogP contribution in [0.4, 0.5) is 0 Å². The standard InChI is InChI=1S/C9H13BrClN3/c10-9-13-8(11)7-2-1-6(3-4-12)5-14(7)9/h6H,1-5,12H2. The van der Waals surface area contributed by atoms with Crippen molar-refractivity contribution in [3.8, 4) is 0 Å². The molecule has 1 aromatic rings. The Morgan fingerprint density at radius 3 is 3.14 bits per heavy atom. The van der Waals surface area contributed by atoms with Crippen LogP contribution in [0.25, 0.3) is 0 Å². The van der Waals surface area contributed by atoms with Crippen LogP contribution in [0.3, 0.4) is 0 Å². The summed E-state index contributed by atoms with van der Waals surface area (Å²) in [5, 5.41) is 0.642. The first-order valence-corrected chi connectivity index (χ1v) is 6.00. The summed E-state index contributed by atoms with van der Waals surface area (Å²) >= 11 is 9.42. The largest absolute Gasteiger partial charge is 0.330 e. The van der Waals surface area contributed by atoms with Gasteiger partial charge in [0.2, 0.25) is 0 Å². The molecule has 14 heavy (non-hydrogen) atoms. The lowest BCUT2D eigenvalue weighted by atomic mass is 9.95. The number of aromatic nitrogens is 2. The van der Waals surface area contributed by atoms with Crippen LogP contribution < -0.4 is 5.73 Å². The van der Waals surface area contributed by atoms with Gasteiger partial charge in [0.15, 0.2) is 9.89 Å². The van der Waals surface area contributed by atoms with Gasteiger partial charge in [-0.05, 0) is 47.7 Å². The van der Waals surface area contributed by atoms with Gasteiger partial charge in [-0.2, -0.15) is 0 Å². The molecule has 5 heteroatoms. The van der Waals surface area contributed by atoms with Gasteiger partial charge in [0.1, 0.15) is 0 Å². The summed E-state index contributed by atoms with van der Waals surface area (Å²) in [5.74, 6) is 0.675. The van der Waals surface area contributed by atoms with Crippen LogP contribution in [0.1, 0.15) is 18.5 Å². The van der Waals surface area contributed by atoms with E-state index in [2.05, 4.69) is 25.5 Å². The van der Waals surface area contributed by atoms with E-state index in [-0.39, 0.29) is 0 Å². The van der Waals surface area contributed by atoms with Crippen LogP contribution >= 0.6 is 27.5 Å². The van der Waals surface area contributed by atoms with E-state index in [0.717, 1.165) is 36.4 Å². The zero-order valence-corrected chi connectivity index (χ0v) is 10.2. The van der Waals surface area contributed by atoms with Crippen LogP contribution in [-0.4, -0.2) is 16.1 Å². The van der Waals surface area contributed by atoms with Crippen LogP contribution in [0.5, 0.6) is 0 Å². The number of halogens is 2. The molecule has 1 aliphatic heterocycles. The zero-order chi connectivity index (χ0) is 10.1. The molecule has 0 radical (unpaired) electrons. The highest BCUT2D eigenvalue weighted by Crippen LogP contribution is 2.30. The van der Waals surface area contributed by atoms with Crippen LogP contribution in [0, 0.1) is 5.92 Å². The highest BCUT2D eigenvalue weighted by atomic mass is 79.9. The average molecular weight is 279 g/mol. The Labute approximate surface area is 96.8 Å². The molecule has 2 rings (SSSR count). The van der Waals surface area contributed by atoms with Gasteiger partial charge in [-0.3, -0.25) is 0 Å². The maximum atomic E-state index is 6.00. The van der Waals surface area contributed by atoms with E-state index in [1.165, 1.54) is 6.42 Å². The summed E-state index contributed by atoms with van der Waals surface area (Å²) in [6, 6.07) is 0. The van der Waals surface area contributed by atoms with E-state index in [1.54, 1.807) is 0 Å². The summed E-state index contributed by atoms with van der Waals surface area (Å²) in [6.45, 7) is 1.76. The third-order valence-electron chi connectivity index (χ3n) is 2.78. The summed E-state index contributed by atoms with van der Waals surface area (Å²) in [6.07, 6.45) is 3.28. The SMILES string of the molecule is NCCC1CCc2c(Cl)nc(Br)n2C1. The van der Waals surface area contributed by atoms with Gasteiger partial charge in [0.25, 0.3) is 0 Å². The Bertz CT molecular complexity index is 337. The van der Waals surface area contributed by atoms with E-state index in [0.29, 0.717) is 11.1 Å². The van der Waals surface area contributed by atoms with Crippen molar-refractivity contribution < 1.29 is 0 Å². The fraction of sp³-hybridized carbons (Fsp3) is 0.667. The van der Waals surface area contributed by atoms with E-state index in [1.807, 2.05) is 0 Å². The fourth-order valence-electron chi connectivity index (χ4n) is 2.01. The van der Waals surface area contributed by atoms with Crippen molar-refractivity contribution in [1.82, 2.24) is 9.55 Å². The normalized spacial score (nSPS) is 20.9. The molecular formula is C9H13BrClN3. The third-order valence-corrected chi connectivity index (χ3v) is 3.69. The molecule has 2 N–H and O–H groups in total. The van der Waals surface area contributed by atoms with Gasteiger partial charge >= 0.3 is 0 Å². The molecule has 0 saturated heterocycles. The van der Waals surface area contributed by atoms with Gasteiger partial charge in [-0.15, -0.1) is 0 Å². The molecule has 1 unspecified atom stereocenters. The van der Waals surface area contributed by atoms with E-state index in [4.69, 9.17) is 17.3 Å². The van der Waals surface area contributed by atoms with Gasteiger partial charge < -0.3 is 10.3 Å². The second kappa shape index (κ2) is 4.21. The lowest BCUT2D eigenvalue weighted by molar-refractivity contribution is 0.349. The number of nitrogens with two attached hydrogens (primary N) is 1. The van der Waals surface area contributed by atoms with Crippen molar-refractivity contribution in [2.75, 3.05) is 6.54 Å².